The molecule has 0 aliphatic carbocycles. The summed E-state index contributed by atoms with van der Waals surface area (Å²) in [5.74, 6) is -0.618. The number of hydrogen-bond acceptors (Lipinski definition) is 4. The van der Waals surface area contributed by atoms with Crippen LogP contribution in [0.15, 0.2) is 59.5 Å². The molecule has 0 fully saturated rings. The van der Waals surface area contributed by atoms with Gasteiger partial charge in [0, 0.05) is 0 Å². The molecular weight excluding hydrogens is 326 g/mol. The number of ether oxygens (including phenoxy) is 1. The van der Waals surface area contributed by atoms with Gasteiger partial charge in [0.2, 0.25) is 10.0 Å². The van der Waals surface area contributed by atoms with Crippen LogP contribution in [-0.4, -0.2) is 27.5 Å². The van der Waals surface area contributed by atoms with E-state index >= 15 is 0 Å². The van der Waals surface area contributed by atoms with Crippen LogP contribution in [0.3, 0.4) is 0 Å². The summed E-state index contributed by atoms with van der Waals surface area (Å²) in [7, 11) is -2.57. The molecule has 2 aromatic rings. The predicted octanol–water partition coefficient (Wildman–Crippen LogP) is 2.31. The number of methoxy groups -OCH3 is 1. The van der Waals surface area contributed by atoms with Gasteiger partial charge in [-0.2, -0.15) is 4.72 Å². The average molecular weight is 347 g/mol. The largest absolute Gasteiger partial charge is 0.468 e. The maximum atomic E-state index is 12.5. The van der Waals surface area contributed by atoms with Gasteiger partial charge in [-0.15, -0.1) is 0 Å². The molecule has 2 aromatic carbocycles. The lowest BCUT2D eigenvalue weighted by Gasteiger charge is -2.17. The van der Waals surface area contributed by atoms with Crippen molar-refractivity contribution in [3.8, 4) is 0 Å². The molecule has 2 rings (SSSR count). The maximum Gasteiger partial charge on any atom is 0.324 e. The number of benzene rings is 2. The smallest absolute Gasteiger partial charge is 0.324 e. The summed E-state index contributed by atoms with van der Waals surface area (Å²) in [5.41, 5.74) is 1.89. The van der Waals surface area contributed by atoms with Crippen LogP contribution in [0.25, 0.3) is 0 Å². The highest BCUT2D eigenvalue weighted by Crippen LogP contribution is 2.13. The Balaban J connectivity index is 2.22. The van der Waals surface area contributed by atoms with E-state index in [0.717, 1.165) is 17.5 Å². The van der Waals surface area contributed by atoms with Gasteiger partial charge in [-0.05, 0) is 36.1 Å². The van der Waals surface area contributed by atoms with Crippen LogP contribution in [0, 0.1) is 0 Å². The monoisotopic (exact) mass is 347 g/mol. The lowest BCUT2D eigenvalue weighted by Crippen LogP contribution is -2.42. The first-order valence-corrected chi connectivity index (χ1v) is 9.17. The quantitative estimate of drug-likeness (QED) is 0.780. The van der Waals surface area contributed by atoms with Gasteiger partial charge in [0.1, 0.15) is 6.04 Å². The normalized spacial score (nSPS) is 12.6. The lowest BCUT2D eigenvalue weighted by molar-refractivity contribution is -0.142. The van der Waals surface area contributed by atoms with Gasteiger partial charge in [-0.25, -0.2) is 8.42 Å². The molecule has 6 heteroatoms. The number of aryl methyl sites for hydroxylation is 1. The Morgan fingerprint density at radius 3 is 2.21 bits per heavy atom. The van der Waals surface area contributed by atoms with Crippen LogP contribution in [0.4, 0.5) is 0 Å². The van der Waals surface area contributed by atoms with E-state index in [1.54, 1.807) is 12.1 Å². The minimum Gasteiger partial charge on any atom is -0.468 e. The van der Waals surface area contributed by atoms with Gasteiger partial charge in [-0.1, -0.05) is 49.4 Å². The van der Waals surface area contributed by atoms with E-state index in [9.17, 15) is 13.2 Å². The van der Waals surface area contributed by atoms with Gasteiger partial charge in [0.05, 0.1) is 12.0 Å². The zero-order valence-corrected chi connectivity index (χ0v) is 14.5. The predicted molar refractivity (Wildman–Crippen MR) is 92.1 cm³/mol. The first-order valence-electron chi connectivity index (χ1n) is 7.69. The van der Waals surface area contributed by atoms with Crippen molar-refractivity contribution in [1.82, 2.24) is 4.72 Å². The summed E-state index contributed by atoms with van der Waals surface area (Å²) < 4.78 is 32.2. The van der Waals surface area contributed by atoms with E-state index in [1.807, 2.05) is 37.3 Å². The molecule has 0 amide bonds. The Hall–Kier alpha value is -2.18. The molecule has 0 heterocycles. The molecule has 0 unspecified atom stereocenters. The molecule has 1 atom stereocenters. The Kier molecular flexibility index (Phi) is 6.11. The Labute approximate surface area is 142 Å². The van der Waals surface area contributed by atoms with Crippen molar-refractivity contribution in [3.63, 3.8) is 0 Å². The van der Waals surface area contributed by atoms with Crippen LogP contribution in [0.1, 0.15) is 18.1 Å². The summed E-state index contributed by atoms with van der Waals surface area (Å²) in [5, 5.41) is 0. The highest BCUT2D eigenvalue weighted by Gasteiger charge is 2.26. The number of carbonyl (C=O) groups excluding carboxylic acids is 1. The van der Waals surface area contributed by atoms with E-state index < -0.39 is 22.0 Å². The summed E-state index contributed by atoms with van der Waals surface area (Å²) in [6, 6.07) is 14.8. The van der Waals surface area contributed by atoms with Crippen molar-refractivity contribution in [2.24, 2.45) is 0 Å². The van der Waals surface area contributed by atoms with Gasteiger partial charge >= 0.3 is 5.97 Å². The molecule has 0 aliphatic rings. The van der Waals surface area contributed by atoms with Crippen molar-refractivity contribution in [2.75, 3.05) is 7.11 Å². The lowest BCUT2D eigenvalue weighted by atomic mass is 10.1. The van der Waals surface area contributed by atoms with E-state index in [0.29, 0.717) is 0 Å². The summed E-state index contributed by atoms with van der Waals surface area (Å²) in [6.45, 7) is 1.99. The third-order valence-electron chi connectivity index (χ3n) is 3.71. The van der Waals surface area contributed by atoms with Crippen LogP contribution in [0.5, 0.6) is 0 Å². The molecule has 0 aromatic heterocycles. The minimum absolute atomic E-state index is 0.127. The van der Waals surface area contributed by atoms with Crippen LogP contribution in [-0.2, 0) is 32.4 Å². The average Bonchev–Trinajstić information content (AvgIpc) is 2.61. The first kappa shape index (κ1) is 18.2. The first-order chi connectivity index (χ1) is 11.5. The molecule has 5 nitrogen and oxygen atoms in total. The number of esters is 1. The second-order valence-electron chi connectivity index (χ2n) is 5.38. The summed E-state index contributed by atoms with van der Waals surface area (Å²) in [4.78, 5) is 12.1. The number of hydrogen-bond donors (Lipinski definition) is 1. The van der Waals surface area contributed by atoms with E-state index in [2.05, 4.69) is 4.72 Å². The van der Waals surface area contributed by atoms with Crippen molar-refractivity contribution >= 4 is 16.0 Å². The zero-order chi connectivity index (χ0) is 17.6. The zero-order valence-electron chi connectivity index (χ0n) is 13.7. The third-order valence-corrected chi connectivity index (χ3v) is 5.20. The molecule has 1 N–H and O–H groups in total. The van der Waals surface area contributed by atoms with Crippen molar-refractivity contribution in [2.45, 2.75) is 30.7 Å². The molecule has 0 saturated carbocycles. The summed E-state index contributed by atoms with van der Waals surface area (Å²) in [6.07, 6.45) is 1.05. The maximum absolute atomic E-state index is 12.5. The number of rotatable bonds is 7. The molecule has 0 aliphatic heterocycles. The van der Waals surface area contributed by atoms with E-state index in [1.165, 1.54) is 19.2 Å². The Bertz CT molecular complexity index is 770. The van der Waals surface area contributed by atoms with Crippen molar-refractivity contribution < 1.29 is 17.9 Å². The van der Waals surface area contributed by atoms with Crippen LogP contribution >= 0.6 is 0 Å². The second kappa shape index (κ2) is 8.08. The van der Waals surface area contributed by atoms with Crippen LogP contribution < -0.4 is 4.72 Å². The SMILES string of the molecule is CCc1ccc(S(=O)(=O)N[C@@H](Cc2ccccc2)C(=O)OC)cc1. The highest BCUT2D eigenvalue weighted by atomic mass is 32.2. The number of sulfonamides is 1. The van der Waals surface area contributed by atoms with Gasteiger partial charge in [0.15, 0.2) is 0 Å². The molecule has 0 saturated heterocycles. The number of carbonyl (C=O) groups is 1. The second-order valence-corrected chi connectivity index (χ2v) is 7.10. The molecular formula is C18H21NO4S. The van der Waals surface area contributed by atoms with Gasteiger partial charge < -0.3 is 4.74 Å². The molecule has 0 spiro atoms. The molecule has 0 bridgehead atoms. The number of nitrogens with one attached hydrogen (secondary N) is 1. The highest BCUT2D eigenvalue weighted by molar-refractivity contribution is 7.89. The van der Waals surface area contributed by atoms with Gasteiger partial charge in [0.25, 0.3) is 0 Å². The fourth-order valence-corrected chi connectivity index (χ4v) is 3.51. The minimum atomic E-state index is -3.81. The van der Waals surface area contributed by atoms with E-state index in [4.69, 9.17) is 4.74 Å². The third kappa shape index (κ3) is 4.66. The van der Waals surface area contributed by atoms with Gasteiger partial charge in [-0.3, -0.25) is 4.79 Å². The molecule has 24 heavy (non-hydrogen) atoms. The van der Waals surface area contributed by atoms with Crippen molar-refractivity contribution in [1.29, 1.82) is 0 Å². The molecule has 0 radical (unpaired) electrons. The van der Waals surface area contributed by atoms with Crippen LogP contribution in [0.2, 0.25) is 0 Å². The Morgan fingerprint density at radius 2 is 1.67 bits per heavy atom. The molecule has 128 valence electrons. The van der Waals surface area contributed by atoms with Crippen molar-refractivity contribution in [3.05, 3.63) is 65.7 Å². The topological polar surface area (TPSA) is 72.5 Å². The Morgan fingerprint density at radius 1 is 1.04 bits per heavy atom. The van der Waals surface area contributed by atoms with E-state index in [-0.39, 0.29) is 11.3 Å². The summed E-state index contributed by atoms with van der Waals surface area (Å²) >= 11 is 0. The fraction of sp³-hybridized carbons (Fsp3) is 0.278. The standard InChI is InChI=1S/C18H21NO4S/c1-3-14-9-11-16(12-10-14)24(21,22)19-17(18(20)23-2)13-15-7-5-4-6-8-15/h4-12,17,19H,3,13H2,1-2H3/t17-/m0/s1. The fourth-order valence-electron chi connectivity index (χ4n) is 2.32.